The molecule has 0 bridgehead atoms. The van der Waals surface area contributed by atoms with E-state index in [1.54, 1.807) is 6.92 Å². The van der Waals surface area contributed by atoms with Crippen LogP contribution in [-0.4, -0.2) is 24.8 Å². The predicted octanol–water partition coefficient (Wildman–Crippen LogP) is 3.68. The molecule has 1 atom stereocenters. The lowest BCUT2D eigenvalue weighted by Gasteiger charge is -2.36. The summed E-state index contributed by atoms with van der Waals surface area (Å²) < 4.78 is 38.1. The van der Waals surface area contributed by atoms with Crippen molar-refractivity contribution < 1.29 is 17.6 Å². The van der Waals surface area contributed by atoms with E-state index in [9.17, 15) is 17.6 Å². The molecule has 120 valence electrons. The highest BCUT2D eigenvalue weighted by atomic mass is 79.9. The molecule has 1 aliphatic rings. The van der Waals surface area contributed by atoms with Crippen LogP contribution in [0.4, 0.5) is 4.39 Å². The number of alkyl halides is 1. The zero-order valence-corrected chi connectivity index (χ0v) is 15.1. The summed E-state index contributed by atoms with van der Waals surface area (Å²) in [4.78, 5) is 11.9. The van der Waals surface area contributed by atoms with E-state index in [1.165, 1.54) is 12.1 Å². The van der Waals surface area contributed by atoms with E-state index in [0.29, 0.717) is 17.6 Å². The SMILES string of the molecule is CC1=C(CS(=O)(=O)c2ccc(F)cc2)C(C)(C)CC(Br)C1=O. The van der Waals surface area contributed by atoms with Gasteiger partial charge in [-0.2, -0.15) is 0 Å². The molecule has 0 aromatic heterocycles. The highest BCUT2D eigenvalue weighted by Gasteiger charge is 2.39. The van der Waals surface area contributed by atoms with Crippen molar-refractivity contribution in [3.05, 3.63) is 41.2 Å². The molecule has 0 N–H and O–H groups in total. The fraction of sp³-hybridized carbons (Fsp3) is 0.438. The number of benzene rings is 1. The van der Waals surface area contributed by atoms with Gasteiger partial charge in [-0.05, 0) is 54.2 Å². The molecule has 0 radical (unpaired) electrons. The molecule has 0 saturated carbocycles. The van der Waals surface area contributed by atoms with E-state index in [0.717, 1.165) is 12.1 Å². The maximum absolute atomic E-state index is 13.0. The van der Waals surface area contributed by atoms with Crippen LogP contribution < -0.4 is 0 Å². The van der Waals surface area contributed by atoms with Crippen molar-refractivity contribution in [2.45, 2.75) is 36.9 Å². The van der Waals surface area contributed by atoms with Gasteiger partial charge < -0.3 is 0 Å². The fourth-order valence-electron chi connectivity index (χ4n) is 2.77. The normalized spacial score (nSPS) is 22.0. The third-order valence-electron chi connectivity index (χ3n) is 4.12. The number of halogens is 2. The van der Waals surface area contributed by atoms with Crippen LogP contribution in [0.15, 0.2) is 40.3 Å². The van der Waals surface area contributed by atoms with Crippen molar-refractivity contribution in [2.24, 2.45) is 5.41 Å². The summed E-state index contributed by atoms with van der Waals surface area (Å²) in [5.74, 6) is -0.767. The van der Waals surface area contributed by atoms with E-state index < -0.39 is 15.7 Å². The van der Waals surface area contributed by atoms with Gasteiger partial charge in [0.25, 0.3) is 0 Å². The standard InChI is InChI=1S/C16H18BrFO3S/c1-10-13(16(2,3)8-14(17)15(10)19)9-22(20,21)12-6-4-11(18)5-7-12/h4-7,14H,8-9H2,1-3H3. The van der Waals surface area contributed by atoms with E-state index in [2.05, 4.69) is 15.9 Å². The minimum Gasteiger partial charge on any atom is -0.293 e. The molecule has 1 unspecified atom stereocenters. The van der Waals surface area contributed by atoms with E-state index in [1.807, 2.05) is 13.8 Å². The minimum atomic E-state index is -3.61. The monoisotopic (exact) mass is 388 g/mol. The van der Waals surface area contributed by atoms with Crippen LogP contribution in [0.2, 0.25) is 0 Å². The van der Waals surface area contributed by atoms with Gasteiger partial charge in [0, 0.05) is 0 Å². The Bertz CT molecular complexity index is 733. The number of hydrogen-bond donors (Lipinski definition) is 0. The zero-order chi connectivity index (χ0) is 16.7. The molecular formula is C16H18BrFO3S. The van der Waals surface area contributed by atoms with Gasteiger partial charge in [-0.25, -0.2) is 12.8 Å². The minimum absolute atomic E-state index is 0.0661. The first-order valence-corrected chi connectivity index (χ1v) is 9.48. The van der Waals surface area contributed by atoms with Gasteiger partial charge in [-0.15, -0.1) is 0 Å². The highest BCUT2D eigenvalue weighted by Crippen LogP contribution is 2.42. The molecule has 3 nitrogen and oxygen atoms in total. The molecular weight excluding hydrogens is 371 g/mol. The number of carbonyl (C=O) groups excluding carboxylic acids is 1. The second-order valence-corrected chi connectivity index (χ2v) is 9.33. The van der Waals surface area contributed by atoms with Crippen LogP contribution in [-0.2, 0) is 14.6 Å². The Labute approximate surface area is 138 Å². The molecule has 1 aliphatic carbocycles. The molecule has 0 heterocycles. The Morgan fingerprint density at radius 1 is 1.27 bits per heavy atom. The molecule has 0 amide bonds. The molecule has 2 rings (SSSR count). The smallest absolute Gasteiger partial charge is 0.182 e. The lowest BCUT2D eigenvalue weighted by molar-refractivity contribution is -0.116. The average Bonchev–Trinajstić information content (AvgIpc) is 2.41. The quantitative estimate of drug-likeness (QED) is 0.586. The van der Waals surface area contributed by atoms with Crippen LogP contribution in [0, 0.1) is 11.2 Å². The van der Waals surface area contributed by atoms with Gasteiger partial charge in [0.2, 0.25) is 0 Å². The molecule has 0 saturated heterocycles. The molecule has 0 aliphatic heterocycles. The summed E-state index contributed by atoms with van der Waals surface area (Å²) >= 11 is 3.35. The van der Waals surface area contributed by atoms with E-state index >= 15 is 0 Å². The molecule has 0 fully saturated rings. The van der Waals surface area contributed by atoms with Gasteiger partial charge in [-0.1, -0.05) is 29.8 Å². The zero-order valence-electron chi connectivity index (χ0n) is 12.7. The van der Waals surface area contributed by atoms with Crippen LogP contribution >= 0.6 is 15.9 Å². The van der Waals surface area contributed by atoms with E-state index in [-0.39, 0.29) is 26.7 Å². The van der Waals surface area contributed by atoms with E-state index in [4.69, 9.17) is 0 Å². The average molecular weight is 389 g/mol. The molecule has 0 spiro atoms. The molecule has 1 aromatic rings. The van der Waals surface area contributed by atoms with Crippen molar-refractivity contribution in [3.8, 4) is 0 Å². The number of carbonyl (C=O) groups is 1. The van der Waals surface area contributed by atoms with Gasteiger partial charge in [-0.3, -0.25) is 4.79 Å². The number of allylic oxidation sites excluding steroid dienone is 1. The topological polar surface area (TPSA) is 51.2 Å². The van der Waals surface area contributed by atoms with Crippen LogP contribution in [0.1, 0.15) is 27.2 Å². The van der Waals surface area contributed by atoms with Crippen molar-refractivity contribution in [1.29, 1.82) is 0 Å². The maximum atomic E-state index is 13.0. The summed E-state index contributed by atoms with van der Waals surface area (Å²) in [6, 6.07) is 4.76. The summed E-state index contributed by atoms with van der Waals surface area (Å²) in [5.41, 5.74) is 0.751. The summed E-state index contributed by atoms with van der Waals surface area (Å²) in [6.07, 6.45) is 0.553. The second-order valence-electron chi connectivity index (χ2n) is 6.24. The Balaban J connectivity index is 2.43. The molecule has 22 heavy (non-hydrogen) atoms. The Morgan fingerprint density at radius 3 is 2.36 bits per heavy atom. The summed E-state index contributed by atoms with van der Waals surface area (Å²) in [5, 5.41) is 0. The number of rotatable bonds is 3. The van der Waals surface area contributed by atoms with Gasteiger partial charge >= 0.3 is 0 Å². The summed E-state index contributed by atoms with van der Waals surface area (Å²) in [6.45, 7) is 5.55. The van der Waals surface area contributed by atoms with Crippen molar-refractivity contribution in [3.63, 3.8) is 0 Å². The Kier molecular flexibility index (Phi) is 4.64. The van der Waals surface area contributed by atoms with Crippen molar-refractivity contribution in [2.75, 3.05) is 5.75 Å². The molecule has 1 aromatic carbocycles. The van der Waals surface area contributed by atoms with Crippen LogP contribution in [0.25, 0.3) is 0 Å². The first kappa shape index (κ1) is 17.3. The predicted molar refractivity (Wildman–Crippen MR) is 87.3 cm³/mol. The van der Waals surface area contributed by atoms with Crippen LogP contribution in [0.5, 0.6) is 0 Å². The second kappa shape index (κ2) is 5.89. The Morgan fingerprint density at radius 2 is 1.82 bits per heavy atom. The first-order valence-electron chi connectivity index (χ1n) is 6.91. The highest BCUT2D eigenvalue weighted by molar-refractivity contribution is 9.10. The molecule has 6 heteroatoms. The fourth-order valence-corrected chi connectivity index (χ4v) is 5.63. The third-order valence-corrected chi connectivity index (χ3v) is 6.52. The number of sulfone groups is 1. The lowest BCUT2D eigenvalue weighted by Crippen LogP contribution is -2.35. The maximum Gasteiger partial charge on any atom is 0.182 e. The first-order chi connectivity index (χ1) is 10.0. The van der Waals surface area contributed by atoms with Crippen molar-refractivity contribution in [1.82, 2.24) is 0 Å². The number of ketones is 1. The lowest BCUT2D eigenvalue weighted by atomic mass is 9.73. The van der Waals surface area contributed by atoms with Gasteiger partial charge in [0.15, 0.2) is 15.6 Å². The van der Waals surface area contributed by atoms with Crippen LogP contribution in [0.3, 0.4) is 0 Å². The summed E-state index contributed by atoms with van der Waals surface area (Å²) in [7, 11) is -3.61. The number of Topliss-reactive ketones (excluding diaryl/α,β-unsaturated/α-hetero) is 1. The Hall–Kier alpha value is -1.01. The van der Waals surface area contributed by atoms with Crippen molar-refractivity contribution >= 4 is 31.6 Å². The largest absolute Gasteiger partial charge is 0.293 e. The third kappa shape index (κ3) is 3.33. The van der Waals surface area contributed by atoms with Gasteiger partial charge in [0.05, 0.1) is 15.5 Å². The number of hydrogen-bond acceptors (Lipinski definition) is 3. The van der Waals surface area contributed by atoms with Gasteiger partial charge in [0.1, 0.15) is 5.82 Å².